The molecular formula is C49H64O11Si. The zero-order valence-corrected chi connectivity index (χ0v) is 38.4. The largest absolute Gasteiger partial charge is 0.464 e. The lowest BCUT2D eigenvalue weighted by molar-refractivity contribution is -0.491. The summed E-state index contributed by atoms with van der Waals surface area (Å²) in [4.78, 5) is 43.2. The van der Waals surface area contributed by atoms with Crippen molar-refractivity contribution in [3.05, 3.63) is 83.4 Å². The lowest BCUT2D eigenvalue weighted by Crippen LogP contribution is -2.66. The van der Waals surface area contributed by atoms with Gasteiger partial charge in [0.2, 0.25) is 0 Å². The minimum atomic E-state index is -1.84. The van der Waals surface area contributed by atoms with Crippen LogP contribution < -0.4 is 0 Å². The Labute approximate surface area is 362 Å². The van der Waals surface area contributed by atoms with E-state index in [9.17, 15) is 9.59 Å². The molecule has 8 bridgehead atoms. The molecule has 330 valence electrons. The van der Waals surface area contributed by atoms with Crippen LogP contribution in [0.5, 0.6) is 0 Å². The predicted molar refractivity (Wildman–Crippen MR) is 227 cm³/mol. The van der Waals surface area contributed by atoms with Crippen molar-refractivity contribution in [3.63, 3.8) is 0 Å². The number of benzene rings is 2. The highest BCUT2D eigenvalue weighted by Gasteiger charge is 2.86. The van der Waals surface area contributed by atoms with Gasteiger partial charge in [0.1, 0.15) is 30.5 Å². The van der Waals surface area contributed by atoms with Crippen molar-refractivity contribution >= 4 is 27.3 Å². The standard InChI is InChI=1S/C49H64O11Si/c1-10-53-37(51)26-54-40-39-41(44(5,6)7)48(58-42(40)49(57-39,59-48)60-61(8)9)55-28-46-25-34-30(4)21-22-35(34)45(27-50)24-33(46)23-36(29(2)3)47(45,46)43(52)56-38(31-17-13-11-14-18-31)32-19-15-12-16-20-32/h11-20,23,27,29-30,33-35,38-42,61H,10,21-22,24-26,28H2,1-9H3. The number of fused-ring (bicyclic) bond motifs is 2. The van der Waals surface area contributed by atoms with Crippen molar-refractivity contribution in [2.45, 2.75) is 124 Å². The minimum Gasteiger partial charge on any atom is -0.464 e. The number of carbonyl (C=O) groups excluding carboxylic acids is 3. The van der Waals surface area contributed by atoms with Gasteiger partial charge in [-0.25, -0.2) is 4.79 Å². The summed E-state index contributed by atoms with van der Waals surface area (Å²) in [5.74, 6) is -4.28. The van der Waals surface area contributed by atoms with Gasteiger partial charge in [-0.05, 0) is 85.4 Å². The molecule has 13 unspecified atom stereocenters. The van der Waals surface area contributed by atoms with Gasteiger partial charge in [-0.1, -0.05) is 120 Å². The molecule has 2 aromatic rings. The molecule has 4 heterocycles. The van der Waals surface area contributed by atoms with Gasteiger partial charge in [0.25, 0.3) is 5.97 Å². The topological polar surface area (TPSA) is 125 Å². The molecule has 0 amide bonds. The molecule has 8 aliphatic rings. The van der Waals surface area contributed by atoms with Crippen LogP contribution in [0.3, 0.4) is 0 Å². The Morgan fingerprint density at radius 3 is 2.21 bits per heavy atom. The SMILES string of the molecule is CCOC(=O)COC1C2OC3(O[SiH](C)C)OC(OCC45CC6C(C)CCC6C6(C=O)CC4C=C(C(C)C)C65C(=O)OC(c4ccccc4)c4ccccc4)(OC13)C2C(C)(C)C. The second-order valence-corrected chi connectivity index (χ2v) is 22.9. The Balaban J connectivity index is 1.16. The van der Waals surface area contributed by atoms with Crippen LogP contribution in [0.4, 0.5) is 0 Å². The number of ether oxygens (including phenoxy) is 7. The van der Waals surface area contributed by atoms with Gasteiger partial charge in [-0.15, -0.1) is 0 Å². The van der Waals surface area contributed by atoms with Crippen molar-refractivity contribution in [2.75, 3.05) is 19.8 Å². The fourth-order valence-corrected chi connectivity index (χ4v) is 14.6. The van der Waals surface area contributed by atoms with Gasteiger partial charge in [0, 0.05) is 5.41 Å². The van der Waals surface area contributed by atoms with Crippen LogP contribution in [0.1, 0.15) is 91.4 Å². The number of aldehydes is 1. The Morgan fingerprint density at radius 2 is 1.62 bits per heavy atom. The number of hydrogen-bond acceptors (Lipinski definition) is 11. The van der Waals surface area contributed by atoms with E-state index in [-0.39, 0.29) is 49.5 Å². The lowest BCUT2D eigenvalue weighted by Gasteiger charge is -2.59. The number of carbonyl (C=O) groups is 3. The fourth-order valence-electron chi connectivity index (χ4n) is 13.7. The molecule has 0 aromatic heterocycles. The molecule has 3 saturated carbocycles. The van der Waals surface area contributed by atoms with Crippen LogP contribution in [0.25, 0.3) is 0 Å². The van der Waals surface area contributed by atoms with Crippen LogP contribution in [0.2, 0.25) is 13.1 Å². The Kier molecular flexibility index (Phi) is 10.7. The summed E-state index contributed by atoms with van der Waals surface area (Å²) in [6, 6.07) is 19.7. The van der Waals surface area contributed by atoms with E-state index in [2.05, 4.69) is 47.6 Å². The van der Waals surface area contributed by atoms with E-state index >= 15 is 4.79 Å². The smallest absolute Gasteiger partial charge is 0.332 e. The summed E-state index contributed by atoms with van der Waals surface area (Å²) in [5, 5.41) is 0. The van der Waals surface area contributed by atoms with Gasteiger partial charge in [-0.2, -0.15) is 0 Å². The highest BCUT2D eigenvalue weighted by Crippen LogP contribution is 2.83. The van der Waals surface area contributed by atoms with E-state index in [4.69, 9.17) is 37.6 Å². The maximum Gasteiger partial charge on any atom is 0.332 e. The first kappa shape index (κ1) is 43.0. The summed E-state index contributed by atoms with van der Waals surface area (Å²) >= 11 is 0. The fraction of sp³-hybridized carbons (Fsp3) is 0.653. The third-order valence-corrected chi connectivity index (χ3v) is 16.5. The zero-order chi connectivity index (χ0) is 43.3. The number of hydrogen-bond donors (Lipinski definition) is 0. The maximum absolute atomic E-state index is 16.2. The van der Waals surface area contributed by atoms with Gasteiger partial charge in [-0.3, -0.25) is 9.53 Å². The molecule has 0 radical (unpaired) electrons. The predicted octanol–water partition coefficient (Wildman–Crippen LogP) is 7.92. The first-order chi connectivity index (χ1) is 29.0. The molecule has 0 N–H and O–H groups in total. The van der Waals surface area contributed by atoms with E-state index in [0.29, 0.717) is 18.8 Å². The number of rotatable bonds is 15. The summed E-state index contributed by atoms with van der Waals surface area (Å²) < 4.78 is 53.3. The van der Waals surface area contributed by atoms with E-state index in [1.165, 1.54) is 0 Å². The third kappa shape index (κ3) is 6.12. The van der Waals surface area contributed by atoms with Gasteiger partial charge >= 0.3 is 17.9 Å². The quantitative estimate of drug-likeness (QED) is 0.0751. The van der Waals surface area contributed by atoms with Crippen molar-refractivity contribution in [1.82, 2.24) is 0 Å². The average Bonchev–Trinajstić information content (AvgIpc) is 3.91. The molecular weight excluding hydrogens is 793 g/mol. The highest BCUT2D eigenvalue weighted by atomic mass is 28.3. The molecule has 4 saturated heterocycles. The van der Waals surface area contributed by atoms with Crippen LogP contribution in [-0.4, -0.2) is 77.3 Å². The lowest BCUT2D eigenvalue weighted by atomic mass is 9.43. The van der Waals surface area contributed by atoms with E-state index in [1.807, 2.05) is 73.8 Å². The van der Waals surface area contributed by atoms with Gasteiger partial charge in [0.15, 0.2) is 21.2 Å². The monoisotopic (exact) mass is 856 g/mol. The molecule has 2 aromatic carbocycles. The summed E-state index contributed by atoms with van der Waals surface area (Å²) in [7, 11) is -1.84. The molecule has 11 nitrogen and oxygen atoms in total. The van der Waals surface area contributed by atoms with E-state index in [0.717, 1.165) is 35.8 Å². The first-order valence-electron chi connectivity index (χ1n) is 22.7. The van der Waals surface area contributed by atoms with Crippen LogP contribution in [0, 0.1) is 57.2 Å². The summed E-state index contributed by atoms with van der Waals surface area (Å²) in [5.41, 5.74) is -1.04. The van der Waals surface area contributed by atoms with Crippen molar-refractivity contribution in [3.8, 4) is 0 Å². The second-order valence-electron chi connectivity index (χ2n) is 20.6. The van der Waals surface area contributed by atoms with Crippen LogP contribution in [-0.2, 0) is 52.0 Å². The van der Waals surface area contributed by atoms with Crippen molar-refractivity contribution in [2.24, 2.45) is 57.2 Å². The van der Waals surface area contributed by atoms with Crippen molar-refractivity contribution < 1.29 is 52.0 Å². The Morgan fingerprint density at radius 1 is 0.951 bits per heavy atom. The Bertz CT molecular complexity index is 2000. The second kappa shape index (κ2) is 15.2. The number of esters is 2. The molecule has 10 rings (SSSR count). The van der Waals surface area contributed by atoms with Crippen molar-refractivity contribution in [1.29, 1.82) is 0 Å². The van der Waals surface area contributed by atoms with Crippen LogP contribution in [0.15, 0.2) is 72.3 Å². The van der Waals surface area contributed by atoms with Crippen LogP contribution >= 0.6 is 0 Å². The molecule has 0 spiro atoms. The molecule has 61 heavy (non-hydrogen) atoms. The molecule has 7 fully saturated rings. The van der Waals surface area contributed by atoms with E-state index in [1.54, 1.807) is 6.92 Å². The molecule has 4 aliphatic carbocycles. The molecule has 12 heteroatoms. The summed E-state index contributed by atoms with van der Waals surface area (Å²) in [6.07, 6.45) is 3.68. The highest BCUT2D eigenvalue weighted by molar-refractivity contribution is 6.48. The van der Waals surface area contributed by atoms with Gasteiger partial charge < -0.3 is 37.6 Å². The van der Waals surface area contributed by atoms with Gasteiger partial charge in [0.05, 0.1) is 24.5 Å². The molecule has 13 atom stereocenters. The number of allylic oxidation sites excluding steroid dienone is 1. The molecule has 4 aliphatic heterocycles. The zero-order valence-electron chi connectivity index (χ0n) is 37.2. The first-order valence-corrected chi connectivity index (χ1v) is 25.5. The Hall–Kier alpha value is -3.23. The third-order valence-electron chi connectivity index (χ3n) is 15.7. The average molecular weight is 857 g/mol. The van der Waals surface area contributed by atoms with E-state index < -0.39 is 78.9 Å². The summed E-state index contributed by atoms with van der Waals surface area (Å²) in [6.45, 7) is 18.7. The maximum atomic E-state index is 16.2. The minimum absolute atomic E-state index is 0.0181. The normalized spacial score (nSPS) is 40.2.